The molecule has 132 valence electrons. The van der Waals surface area contributed by atoms with Crippen LogP contribution in [0.25, 0.3) is 27.9 Å². The molecule has 27 heavy (non-hydrogen) atoms. The molecule has 4 aromatic heterocycles. The average molecular weight is 356 g/mol. The number of aromatic nitrogens is 7. The van der Waals surface area contributed by atoms with Crippen LogP contribution in [-0.4, -0.2) is 41.0 Å². The number of fused-ring (bicyclic) bond motifs is 2. The first-order valence-electron chi connectivity index (χ1n) is 8.65. The minimum Gasteiger partial charge on any atom is -0.368 e. The molecule has 0 aliphatic carbocycles. The monoisotopic (exact) mass is 356 g/mol. The molecule has 0 bridgehead atoms. The lowest BCUT2D eigenvalue weighted by Crippen LogP contribution is -2.11. The van der Waals surface area contributed by atoms with Crippen LogP contribution in [0.4, 0.5) is 5.82 Å². The zero-order valence-electron chi connectivity index (χ0n) is 14.4. The molecule has 5 aromatic rings. The topological polar surface area (TPSA) is 97.2 Å². The lowest BCUT2D eigenvalue weighted by Gasteiger charge is -2.10. The molecule has 5 rings (SSSR count). The van der Waals surface area contributed by atoms with Crippen molar-refractivity contribution in [3.05, 3.63) is 67.3 Å². The number of benzene rings is 1. The number of anilines is 1. The number of nitrogens with zero attached hydrogens (tertiary/aromatic N) is 6. The molecule has 0 saturated heterocycles. The summed E-state index contributed by atoms with van der Waals surface area (Å²) in [6.45, 7) is 0.669. The van der Waals surface area contributed by atoms with Crippen molar-refractivity contribution in [2.75, 3.05) is 11.9 Å². The second-order valence-electron chi connectivity index (χ2n) is 6.06. The summed E-state index contributed by atoms with van der Waals surface area (Å²) in [7, 11) is 0. The van der Waals surface area contributed by atoms with Gasteiger partial charge in [-0.2, -0.15) is 0 Å². The van der Waals surface area contributed by atoms with E-state index in [1.54, 1.807) is 12.5 Å². The van der Waals surface area contributed by atoms with Gasteiger partial charge in [-0.1, -0.05) is 18.2 Å². The molecule has 0 spiro atoms. The van der Waals surface area contributed by atoms with Crippen LogP contribution in [0.2, 0.25) is 0 Å². The molecule has 1 aromatic carbocycles. The van der Waals surface area contributed by atoms with Gasteiger partial charge in [0.2, 0.25) is 0 Å². The van der Waals surface area contributed by atoms with E-state index < -0.39 is 0 Å². The highest BCUT2D eigenvalue weighted by molar-refractivity contribution is 5.82. The van der Waals surface area contributed by atoms with Crippen LogP contribution in [0.5, 0.6) is 0 Å². The summed E-state index contributed by atoms with van der Waals surface area (Å²) in [5.41, 5.74) is 4.45. The number of H-pyrrole nitrogens is 1. The normalized spacial score (nSPS) is 11.3. The highest BCUT2D eigenvalue weighted by Crippen LogP contribution is 2.21. The number of hydrogen-bond acceptors (Lipinski definition) is 6. The molecular weight excluding hydrogens is 340 g/mol. The smallest absolute Gasteiger partial charge is 0.162 e. The fourth-order valence-corrected chi connectivity index (χ4v) is 3.19. The molecule has 0 fully saturated rings. The van der Waals surface area contributed by atoms with Gasteiger partial charge in [-0.3, -0.25) is 9.55 Å². The van der Waals surface area contributed by atoms with Gasteiger partial charge in [-0.15, -0.1) is 0 Å². The summed E-state index contributed by atoms with van der Waals surface area (Å²) < 4.78 is 2.15. The quantitative estimate of drug-likeness (QED) is 0.502. The maximum Gasteiger partial charge on any atom is 0.162 e. The van der Waals surface area contributed by atoms with E-state index in [1.165, 1.54) is 6.33 Å². The average Bonchev–Trinajstić information content (AvgIpc) is 3.33. The fourth-order valence-electron chi connectivity index (χ4n) is 3.19. The van der Waals surface area contributed by atoms with Gasteiger partial charge in [0.25, 0.3) is 0 Å². The third kappa shape index (κ3) is 2.77. The zero-order chi connectivity index (χ0) is 18.1. The van der Waals surface area contributed by atoms with Gasteiger partial charge >= 0.3 is 0 Å². The third-order valence-corrected chi connectivity index (χ3v) is 4.40. The van der Waals surface area contributed by atoms with Crippen molar-refractivity contribution in [3.8, 4) is 5.69 Å². The highest BCUT2D eigenvalue weighted by atomic mass is 15.1. The molecule has 8 heteroatoms. The highest BCUT2D eigenvalue weighted by Gasteiger charge is 2.13. The SMILES string of the molecule is c1ccc(-n2c(CCNc3ncnc4[nH]cnc34)nc3ccncc32)cc1. The summed E-state index contributed by atoms with van der Waals surface area (Å²) in [6, 6.07) is 12.1. The van der Waals surface area contributed by atoms with Crippen LogP contribution in [0.15, 0.2) is 61.4 Å². The van der Waals surface area contributed by atoms with Crippen LogP contribution in [0.1, 0.15) is 5.82 Å². The van der Waals surface area contributed by atoms with E-state index in [4.69, 9.17) is 4.98 Å². The predicted molar refractivity (Wildman–Crippen MR) is 103 cm³/mol. The van der Waals surface area contributed by atoms with E-state index in [2.05, 4.69) is 46.9 Å². The number of para-hydroxylation sites is 1. The molecule has 2 N–H and O–H groups in total. The number of rotatable bonds is 5. The van der Waals surface area contributed by atoms with Gasteiger partial charge in [-0.25, -0.2) is 19.9 Å². The lowest BCUT2D eigenvalue weighted by atomic mass is 10.3. The van der Waals surface area contributed by atoms with Crippen molar-refractivity contribution in [2.24, 2.45) is 0 Å². The Bertz CT molecular complexity index is 1210. The van der Waals surface area contributed by atoms with Gasteiger partial charge in [0.15, 0.2) is 11.5 Å². The Morgan fingerprint density at radius 2 is 1.96 bits per heavy atom. The fraction of sp³-hybridized carbons (Fsp3) is 0.105. The lowest BCUT2D eigenvalue weighted by molar-refractivity contribution is 0.867. The molecular formula is C19H16N8. The Balaban J connectivity index is 1.46. The molecule has 0 saturated carbocycles. The molecule has 0 atom stereocenters. The first-order valence-corrected chi connectivity index (χ1v) is 8.65. The van der Waals surface area contributed by atoms with Crippen molar-refractivity contribution < 1.29 is 0 Å². The third-order valence-electron chi connectivity index (χ3n) is 4.40. The van der Waals surface area contributed by atoms with E-state index in [0.29, 0.717) is 12.4 Å². The summed E-state index contributed by atoms with van der Waals surface area (Å²) in [4.78, 5) is 24.8. The van der Waals surface area contributed by atoms with Crippen LogP contribution < -0.4 is 5.32 Å². The van der Waals surface area contributed by atoms with Gasteiger partial charge < -0.3 is 10.3 Å². The van der Waals surface area contributed by atoms with E-state index in [0.717, 1.165) is 40.1 Å². The molecule has 4 heterocycles. The van der Waals surface area contributed by atoms with Crippen LogP contribution in [-0.2, 0) is 6.42 Å². The predicted octanol–water partition coefficient (Wildman–Crippen LogP) is 2.74. The zero-order valence-corrected chi connectivity index (χ0v) is 14.4. The van der Waals surface area contributed by atoms with Gasteiger partial charge in [0.1, 0.15) is 17.7 Å². The molecule has 0 aliphatic rings. The number of aromatic amines is 1. The minimum atomic E-state index is 0.669. The Hall–Kier alpha value is -3.81. The summed E-state index contributed by atoms with van der Waals surface area (Å²) in [6.07, 6.45) is 7.48. The van der Waals surface area contributed by atoms with E-state index in [-0.39, 0.29) is 0 Å². The summed E-state index contributed by atoms with van der Waals surface area (Å²) in [5.74, 6) is 1.68. The van der Waals surface area contributed by atoms with Crippen LogP contribution in [0, 0.1) is 0 Å². The van der Waals surface area contributed by atoms with Crippen molar-refractivity contribution in [3.63, 3.8) is 0 Å². The first-order chi connectivity index (χ1) is 13.4. The second kappa shape index (κ2) is 6.49. The van der Waals surface area contributed by atoms with Crippen molar-refractivity contribution in [1.29, 1.82) is 0 Å². The number of hydrogen-bond donors (Lipinski definition) is 2. The Kier molecular flexibility index (Phi) is 3.71. The maximum atomic E-state index is 4.80. The summed E-state index contributed by atoms with van der Waals surface area (Å²) >= 11 is 0. The van der Waals surface area contributed by atoms with Crippen molar-refractivity contribution in [1.82, 2.24) is 34.5 Å². The maximum absolute atomic E-state index is 4.80. The summed E-state index contributed by atoms with van der Waals surface area (Å²) in [5, 5.41) is 3.34. The Morgan fingerprint density at radius 1 is 1.04 bits per heavy atom. The number of pyridine rings is 1. The van der Waals surface area contributed by atoms with E-state index >= 15 is 0 Å². The van der Waals surface area contributed by atoms with E-state index in [1.807, 2.05) is 30.5 Å². The molecule has 0 aliphatic heterocycles. The molecule has 0 amide bonds. The number of nitrogens with one attached hydrogen (secondary N) is 2. The largest absolute Gasteiger partial charge is 0.368 e. The minimum absolute atomic E-state index is 0.669. The van der Waals surface area contributed by atoms with Crippen molar-refractivity contribution in [2.45, 2.75) is 6.42 Å². The van der Waals surface area contributed by atoms with Crippen LogP contribution in [0.3, 0.4) is 0 Å². The van der Waals surface area contributed by atoms with Crippen molar-refractivity contribution >= 4 is 28.0 Å². The number of imidazole rings is 2. The van der Waals surface area contributed by atoms with Gasteiger partial charge in [-0.05, 0) is 18.2 Å². The Labute approximate surface area is 154 Å². The van der Waals surface area contributed by atoms with Gasteiger partial charge in [0.05, 0.1) is 23.6 Å². The van der Waals surface area contributed by atoms with E-state index in [9.17, 15) is 0 Å². The Morgan fingerprint density at radius 3 is 2.89 bits per heavy atom. The second-order valence-corrected chi connectivity index (χ2v) is 6.06. The molecule has 0 unspecified atom stereocenters. The standard InChI is InChI=1S/C19H16N8/c1-2-4-13(5-3-1)27-15-10-20-8-6-14(15)26-16(27)7-9-21-18-17-19(23-11-22-17)25-12-24-18/h1-6,8,10-12H,7,9H2,(H2,21,22,23,24,25). The molecule has 0 radical (unpaired) electrons. The van der Waals surface area contributed by atoms with Gasteiger partial charge in [0, 0.05) is 24.8 Å². The first kappa shape index (κ1) is 15.4. The molecule has 8 nitrogen and oxygen atoms in total. The van der Waals surface area contributed by atoms with Crippen LogP contribution >= 0.6 is 0 Å².